The highest BCUT2D eigenvalue weighted by Gasteiger charge is 2.74. The molecular formula is C33H48O10. The summed E-state index contributed by atoms with van der Waals surface area (Å²) < 4.78 is 29.5. The van der Waals surface area contributed by atoms with Crippen LogP contribution < -0.4 is 0 Å². The van der Waals surface area contributed by atoms with Crippen molar-refractivity contribution in [2.24, 2.45) is 28.6 Å². The number of aliphatic hydroxyl groups excluding tert-OH is 1. The van der Waals surface area contributed by atoms with Crippen molar-refractivity contribution >= 4 is 23.9 Å². The maximum atomic E-state index is 13.0. The second-order valence-corrected chi connectivity index (χ2v) is 12.5. The Morgan fingerprint density at radius 3 is 2.33 bits per heavy atom. The first-order valence-electron chi connectivity index (χ1n) is 15.3. The summed E-state index contributed by atoms with van der Waals surface area (Å²) in [5, 5.41) is 12.3. The predicted octanol–water partition coefficient (Wildman–Crippen LogP) is 4.94. The zero-order valence-corrected chi connectivity index (χ0v) is 26.6. The topological polar surface area (TPSA) is 135 Å². The minimum atomic E-state index is -1.49. The molecule has 1 saturated heterocycles. The van der Waals surface area contributed by atoms with Gasteiger partial charge in [-0.2, -0.15) is 0 Å². The average molecular weight is 605 g/mol. The van der Waals surface area contributed by atoms with E-state index in [1.165, 1.54) is 13.8 Å². The van der Waals surface area contributed by atoms with Crippen molar-refractivity contribution in [2.45, 2.75) is 118 Å². The van der Waals surface area contributed by atoms with Crippen LogP contribution in [0, 0.1) is 28.6 Å². The molecule has 1 N–H and O–H groups in total. The van der Waals surface area contributed by atoms with E-state index in [1.807, 2.05) is 27.7 Å². The molecule has 2 fully saturated rings. The van der Waals surface area contributed by atoms with E-state index in [4.69, 9.17) is 23.7 Å². The molecule has 3 rings (SSSR count). The lowest BCUT2D eigenvalue weighted by Gasteiger charge is -2.62. The minimum Gasteiger partial charge on any atom is -0.459 e. The summed E-state index contributed by atoms with van der Waals surface area (Å²) in [6.45, 7) is 19.9. The van der Waals surface area contributed by atoms with Gasteiger partial charge in [0.25, 0.3) is 0 Å². The first-order chi connectivity index (χ1) is 20.2. The Balaban J connectivity index is 2.30. The number of ether oxygens (including phenoxy) is 5. The van der Waals surface area contributed by atoms with Crippen LogP contribution in [0.4, 0.5) is 0 Å². The van der Waals surface area contributed by atoms with Crippen LogP contribution in [0.15, 0.2) is 36.5 Å². The third kappa shape index (κ3) is 6.60. The number of hydrogen-bond donors (Lipinski definition) is 1. The molecule has 0 aromatic heterocycles. The highest BCUT2D eigenvalue weighted by atomic mass is 16.8. The Kier molecular flexibility index (Phi) is 11.0. The zero-order valence-electron chi connectivity index (χ0n) is 26.6. The number of carbonyl (C=O) groups is 4. The molecule has 1 spiro atoms. The fraction of sp³-hybridized carbons (Fsp3) is 0.697. The molecule has 0 aromatic rings. The van der Waals surface area contributed by atoms with Gasteiger partial charge >= 0.3 is 23.9 Å². The van der Waals surface area contributed by atoms with Crippen LogP contribution in [0.3, 0.4) is 0 Å². The molecule has 0 radical (unpaired) electrons. The number of carbonyl (C=O) groups excluding carboxylic acids is 4. The van der Waals surface area contributed by atoms with Crippen molar-refractivity contribution in [3.8, 4) is 0 Å². The molecule has 1 unspecified atom stereocenters. The van der Waals surface area contributed by atoms with Gasteiger partial charge in [-0.3, -0.25) is 23.9 Å². The maximum absolute atomic E-state index is 13.0. The molecule has 10 nitrogen and oxygen atoms in total. The fourth-order valence-electron chi connectivity index (χ4n) is 7.05. The zero-order chi connectivity index (χ0) is 32.3. The summed E-state index contributed by atoms with van der Waals surface area (Å²) in [7, 11) is 0. The van der Waals surface area contributed by atoms with E-state index in [-0.39, 0.29) is 24.7 Å². The van der Waals surface area contributed by atoms with E-state index in [9.17, 15) is 24.3 Å². The average Bonchev–Trinajstić information content (AvgIpc) is 3.24. The lowest BCUT2D eigenvalue weighted by Crippen LogP contribution is -2.68. The third-order valence-electron chi connectivity index (χ3n) is 9.75. The first kappa shape index (κ1) is 34.5. The van der Waals surface area contributed by atoms with Gasteiger partial charge in [-0.25, -0.2) is 0 Å². The summed E-state index contributed by atoms with van der Waals surface area (Å²) in [6.07, 6.45) is 0.00749. The Labute approximate surface area is 254 Å². The lowest BCUT2D eigenvalue weighted by molar-refractivity contribution is -0.276. The molecule has 1 saturated carbocycles. The standard InChI is InChI=1S/C33H48O10/c1-10-13-26(36)42-30-24-16-23(41-29(38)19(5)12-3)17-25-32(9,15-14-18(4)11-2)20(6)27(39-21(7)34)28(37)33(24,25)31(43-30)40-22(8)35/h11,16,19-20,23,25,27-28,30-31,37H,2,4,10,12-15,17H2,1,3,5-9H3/t19?,20-,23+,25+,27+,28+,30+,31-,32+,33-/m0/s1. The molecule has 10 heteroatoms. The Morgan fingerprint density at radius 2 is 1.77 bits per heavy atom. The molecule has 0 bridgehead atoms. The Hall–Kier alpha value is -2.98. The van der Waals surface area contributed by atoms with Gasteiger partial charge in [0.05, 0.1) is 11.3 Å². The number of aliphatic hydroxyl groups is 1. The summed E-state index contributed by atoms with van der Waals surface area (Å²) >= 11 is 0. The molecule has 0 aromatic carbocycles. The van der Waals surface area contributed by atoms with Gasteiger partial charge in [-0.1, -0.05) is 59.4 Å². The van der Waals surface area contributed by atoms with Crippen LogP contribution in [-0.4, -0.2) is 59.9 Å². The van der Waals surface area contributed by atoms with E-state index in [0.717, 1.165) is 5.57 Å². The van der Waals surface area contributed by atoms with E-state index in [1.54, 1.807) is 19.1 Å². The van der Waals surface area contributed by atoms with Gasteiger partial charge < -0.3 is 24.1 Å². The highest BCUT2D eigenvalue weighted by molar-refractivity contribution is 5.72. The molecular weight excluding hydrogens is 556 g/mol. The van der Waals surface area contributed by atoms with Crippen LogP contribution in [0.5, 0.6) is 0 Å². The maximum Gasteiger partial charge on any atom is 0.309 e. The Bertz CT molecular complexity index is 1140. The van der Waals surface area contributed by atoms with Crippen molar-refractivity contribution < 1.29 is 48.0 Å². The van der Waals surface area contributed by atoms with Crippen LogP contribution in [-0.2, 0) is 42.9 Å². The van der Waals surface area contributed by atoms with Crippen LogP contribution in [0.1, 0.15) is 87.0 Å². The SMILES string of the molecule is C=CC(=C)CC[C@@]1(C)[C@H]2C[C@H](OC(=O)C(C)CC)C=C3[C@H](OC(=O)CCC)O[C@H](OC(C)=O)[C@@]32[C@H](O)[C@H](OC(C)=O)[C@@H]1C. The van der Waals surface area contributed by atoms with Gasteiger partial charge in [-0.05, 0) is 49.5 Å². The minimum absolute atomic E-state index is 0.116. The number of esters is 4. The van der Waals surface area contributed by atoms with Gasteiger partial charge in [0.15, 0.2) is 0 Å². The van der Waals surface area contributed by atoms with E-state index in [2.05, 4.69) is 13.2 Å². The summed E-state index contributed by atoms with van der Waals surface area (Å²) in [4.78, 5) is 50.6. The molecule has 2 aliphatic carbocycles. The predicted molar refractivity (Wildman–Crippen MR) is 157 cm³/mol. The largest absolute Gasteiger partial charge is 0.459 e. The summed E-state index contributed by atoms with van der Waals surface area (Å²) in [5.74, 6) is -3.45. The van der Waals surface area contributed by atoms with E-state index in [0.29, 0.717) is 31.3 Å². The normalized spacial score (nSPS) is 35.3. The molecule has 1 aliphatic heterocycles. The van der Waals surface area contributed by atoms with E-state index >= 15 is 0 Å². The fourth-order valence-corrected chi connectivity index (χ4v) is 7.05. The second kappa shape index (κ2) is 13.8. The van der Waals surface area contributed by atoms with Crippen molar-refractivity contribution in [1.82, 2.24) is 0 Å². The monoisotopic (exact) mass is 604 g/mol. The van der Waals surface area contributed by atoms with Crippen molar-refractivity contribution in [3.05, 3.63) is 36.5 Å². The van der Waals surface area contributed by atoms with Crippen molar-refractivity contribution in [2.75, 3.05) is 0 Å². The molecule has 0 amide bonds. The van der Waals surface area contributed by atoms with Crippen LogP contribution in [0.25, 0.3) is 0 Å². The lowest BCUT2D eigenvalue weighted by atomic mass is 9.44. The molecule has 3 aliphatic rings. The van der Waals surface area contributed by atoms with Gasteiger partial charge in [0.2, 0.25) is 12.6 Å². The molecule has 10 atom stereocenters. The number of allylic oxidation sites excluding steroid dienone is 2. The van der Waals surface area contributed by atoms with Crippen molar-refractivity contribution in [1.29, 1.82) is 0 Å². The van der Waals surface area contributed by atoms with Gasteiger partial charge in [0, 0.05) is 31.8 Å². The van der Waals surface area contributed by atoms with Gasteiger partial charge in [-0.15, -0.1) is 0 Å². The van der Waals surface area contributed by atoms with Crippen molar-refractivity contribution in [3.63, 3.8) is 0 Å². The highest BCUT2D eigenvalue weighted by Crippen LogP contribution is 2.67. The number of hydrogen-bond acceptors (Lipinski definition) is 10. The van der Waals surface area contributed by atoms with Crippen LogP contribution >= 0.6 is 0 Å². The molecule has 43 heavy (non-hydrogen) atoms. The van der Waals surface area contributed by atoms with Gasteiger partial charge in [0.1, 0.15) is 18.3 Å². The van der Waals surface area contributed by atoms with E-state index < -0.39 is 71.5 Å². The smallest absolute Gasteiger partial charge is 0.309 e. The first-order valence-corrected chi connectivity index (χ1v) is 15.3. The summed E-state index contributed by atoms with van der Waals surface area (Å²) in [6, 6.07) is 0. The quantitative estimate of drug-likeness (QED) is 0.141. The third-order valence-corrected chi connectivity index (χ3v) is 9.75. The Morgan fingerprint density at radius 1 is 1.12 bits per heavy atom. The second-order valence-electron chi connectivity index (χ2n) is 12.5. The number of rotatable bonds is 12. The molecule has 1 heterocycles. The van der Waals surface area contributed by atoms with Crippen LogP contribution in [0.2, 0.25) is 0 Å². The molecule has 240 valence electrons. The summed E-state index contributed by atoms with van der Waals surface area (Å²) in [5.41, 5.74) is -1.07.